The minimum atomic E-state index is 0.203. The molecule has 0 aliphatic rings. The maximum atomic E-state index is 9.66. The molecular weight excluding hydrogens is 176 g/mol. The van der Waals surface area contributed by atoms with E-state index in [1.807, 2.05) is 31.2 Å². The summed E-state index contributed by atoms with van der Waals surface area (Å²) in [5, 5.41) is 13.6. The Morgan fingerprint density at radius 1 is 1.21 bits per heavy atom. The molecule has 0 saturated carbocycles. The lowest BCUT2D eigenvalue weighted by atomic mass is 10.1. The summed E-state index contributed by atoms with van der Waals surface area (Å²) < 4.78 is 1.45. The van der Waals surface area contributed by atoms with Crippen LogP contribution < -0.4 is 0 Å². The molecule has 0 radical (unpaired) electrons. The summed E-state index contributed by atoms with van der Waals surface area (Å²) in [6.07, 6.45) is 1.67. The van der Waals surface area contributed by atoms with Gasteiger partial charge in [-0.05, 0) is 12.5 Å². The first-order valence-electron chi connectivity index (χ1n) is 4.46. The van der Waals surface area contributed by atoms with E-state index in [-0.39, 0.29) is 5.88 Å². The van der Waals surface area contributed by atoms with Gasteiger partial charge in [-0.15, -0.1) is 0 Å². The van der Waals surface area contributed by atoms with Crippen molar-refractivity contribution < 1.29 is 5.11 Å². The lowest BCUT2D eigenvalue weighted by Crippen LogP contribution is -1.87. The SMILES string of the molecule is Cc1ccc(-c2cnn(C)c2O)cc1. The summed E-state index contributed by atoms with van der Waals surface area (Å²) >= 11 is 0. The van der Waals surface area contributed by atoms with Crippen LogP contribution in [-0.4, -0.2) is 14.9 Å². The van der Waals surface area contributed by atoms with Gasteiger partial charge in [-0.1, -0.05) is 29.8 Å². The third-order valence-corrected chi connectivity index (χ3v) is 2.27. The minimum absolute atomic E-state index is 0.203. The summed E-state index contributed by atoms with van der Waals surface area (Å²) in [5.41, 5.74) is 2.96. The molecule has 0 atom stereocenters. The predicted molar refractivity (Wildman–Crippen MR) is 55.0 cm³/mol. The van der Waals surface area contributed by atoms with E-state index in [9.17, 15) is 5.11 Å². The van der Waals surface area contributed by atoms with Crippen LogP contribution in [0, 0.1) is 6.92 Å². The third-order valence-electron chi connectivity index (χ3n) is 2.27. The summed E-state index contributed by atoms with van der Waals surface area (Å²) in [6, 6.07) is 7.99. The predicted octanol–water partition coefficient (Wildman–Crippen LogP) is 2.10. The highest BCUT2D eigenvalue weighted by atomic mass is 16.3. The quantitative estimate of drug-likeness (QED) is 0.744. The molecule has 3 nitrogen and oxygen atoms in total. The second-order valence-corrected chi connectivity index (χ2v) is 3.37. The fourth-order valence-electron chi connectivity index (χ4n) is 1.37. The van der Waals surface area contributed by atoms with Crippen molar-refractivity contribution in [3.63, 3.8) is 0 Å². The Morgan fingerprint density at radius 3 is 2.36 bits per heavy atom. The van der Waals surface area contributed by atoms with E-state index in [4.69, 9.17) is 0 Å². The van der Waals surface area contributed by atoms with Crippen molar-refractivity contribution in [2.24, 2.45) is 7.05 Å². The van der Waals surface area contributed by atoms with Crippen LogP contribution in [0.3, 0.4) is 0 Å². The van der Waals surface area contributed by atoms with Crippen molar-refractivity contribution in [3.05, 3.63) is 36.0 Å². The van der Waals surface area contributed by atoms with E-state index in [1.165, 1.54) is 10.2 Å². The third kappa shape index (κ3) is 1.37. The van der Waals surface area contributed by atoms with E-state index in [0.29, 0.717) is 0 Å². The molecule has 1 heterocycles. The van der Waals surface area contributed by atoms with Gasteiger partial charge in [0, 0.05) is 7.05 Å². The standard InChI is InChI=1S/C11H12N2O/c1-8-3-5-9(6-4-8)10-7-12-13(2)11(10)14/h3-7,14H,1-2H3. The second-order valence-electron chi connectivity index (χ2n) is 3.37. The number of nitrogens with zero attached hydrogens (tertiary/aromatic N) is 2. The first kappa shape index (κ1) is 8.81. The summed E-state index contributed by atoms with van der Waals surface area (Å²) in [7, 11) is 1.72. The fourth-order valence-corrected chi connectivity index (χ4v) is 1.37. The minimum Gasteiger partial charge on any atom is -0.493 e. The number of hydrogen-bond donors (Lipinski definition) is 1. The molecule has 0 unspecified atom stereocenters. The highest BCUT2D eigenvalue weighted by molar-refractivity contribution is 5.67. The number of hydrogen-bond acceptors (Lipinski definition) is 2. The zero-order valence-electron chi connectivity index (χ0n) is 8.23. The highest BCUT2D eigenvalue weighted by Crippen LogP contribution is 2.27. The normalized spacial score (nSPS) is 10.4. The van der Waals surface area contributed by atoms with Crippen molar-refractivity contribution in [3.8, 4) is 17.0 Å². The van der Waals surface area contributed by atoms with Gasteiger partial charge in [0.05, 0.1) is 11.8 Å². The van der Waals surface area contributed by atoms with Crippen LogP contribution in [0.4, 0.5) is 0 Å². The Balaban J connectivity index is 2.49. The van der Waals surface area contributed by atoms with Crippen LogP contribution in [0.5, 0.6) is 5.88 Å². The number of aromatic hydroxyl groups is 1. The lowest BCUT2D eigenvalue weighted by molar-refractivity contribution is 0.421. The maximum Gasteiger partial charge on any atom is 0.217 e. The van der Waals surface area contributed by atoms with Crippen molar-refractivity contribution in [2.45, 2.75) is 6.92 Å². The first-order valence-corrected chi connectivity index (χ1v) is 4.46. The Hall–Kier alpha value is -1.77. The van der Waals surface area contributed by atoms with Crippen LogP contribution in [0.1, 0.15) is 5.56 Å². The molecule has 0 aliphatic heterocycles. The van der Waals surface area contributed by atoms with Gasteiger partial charge in [0.1, 0.15) is 0 Å². The molecule has 0 amide bonds. The van der Waals surface area contributed by atoms with Crippen LogP contribution >= 0.6 is 0 Å². The van der Waals surface area contributed by atoms with E-state index >= 15 is 0 Å². The van der Waals surface area contributed by atoms with E-state index in [2.05, 4.69) is 5.10 Å². The molecule has 0 aliphatic carbocycles. The lowest BCUT2D eigenvalue weighted by Gasteiger charge is -1.99. The molecule has 2 aromatic rings. The monoisotopic (exact) mass is 188 g/mol. The molecule has 1 N–H and O–H groups in total. The topological polar surface area (TPSA) is 38.0 Å². The largest absolute Gasteiger partial charge is 0.493 e. The van der Waals surface area contributed by atoms with Gasteiger partial charge in [0.2, 0.25) is 5.88 Å². The van der Waals surface area contributed by atoms with Crippen LogP contribution in [0.2, 0.25) is 0 Å². The van der Waals surface area contributed by atoms with Crippen molar-refractivity contribution in [1.29, 1.82) is 0 Å². The van der Waals surface area contributed by atoms with Gasteiger partial charge in [-0.2, -0.15) is 5.10 Å². The van der Waals surface area contributed by atoms with E-state index < -0.39 is 0 Å². The van der Waals surface area contributed by atoms with Crippen LogP contribution in [0.25, 0.3) is 11.1 Å². The summed E-state index contributed by atoms with van der Waals surface area (Å²) in [5.74, 6) is 0.203. The van der Waals surface area contributed by atoms with Crippen LogP contribution in [0.15, 0.2) is 30.5 Å². The highest BCUT2D eigenvalue weighted by Gasteiger charge is 2.07. The fraction of sp³-hybridized carbons (Fsp3) is 0.182. The first-order chi connectivity index (χ1) is 6.68. The Bertz CT molecular complexity index is 443. The molecule has 1 aromatic heterocycles. The number of aromatic nitrogens is 2. The average Bonchev–Trinajstić information content (AvgIpc) is 2.50. The summed E-state index contributed by atoms with van der Waals surface area (Å²) in [4.78, 5) is 0. The average molecular weight is 188 g/mol. The Labute approximate surface area is 82.6 Å². The van der Waals surface area contributed by atoms with Crippen molar-refractivity contribution in [2.75, 3.05) is 0 Å². The molecule has 2 rings (SSSR count). The molecule has 14 heavy (non-hydrogen) atoms. The van der Waals surface area contributed by atoms with E-state index in [1.54, 1.807) is 13.2 Å². The van der Waals surface area contributed by atoms with Gasteiger partial charge < -0.3 is 5.11 Å². The molecule has 1 aromatic carbocycles. The summed E-state index contributed by atoms with van der Waals surface area (Å²) in [6.45, 7) is 2.03. The van der Waals surface area contributed by atoms with Gasteiger partial charge >= 0.3 is 0 Å². The van der Waals surface area contributed by atoms with Crippen LogP contribution in [-0.2, 0) is 7.05 Å². The Morgan fingerprint density at radius 2 is 1.86 bits per heavy atom. The number of aryl methyl sites for hydroxylation is 2. The van der Waals surface area contributed by atoms with Gasteiger partial charge in [0.25, 0.3) is 0 Å². The number of rotatable bonds is 1. The smallest absolute Gasteiger partial charge is 0.217 e. The molecule has 3 heteroatoms. The van der Waals surface area contributed by atoms with Crippen molar-refractivity contribution >= 4 is 0 Å². The number of benzene rings is 1. The van der Waals surface area contributed by atoms with Gasteiger partial charge in [0.15, 0.2) is 0 Å². The second kappa shape index (κ2) is 3.18. The zero-order valence-corrected chi connectivity index (χ0v) is 8.23. The zero-order chi connectivity index (χ0) is 10.1. The molecule has 0 fully saturated rings. The Kier molecular flexibility index (Phi) is 2.00. The van der Waals surface area contributed by atoms with E-state index in [0.717, 1.165) is 11.1 Å². The van der Waals surface area contributed by atoms with Gasteiger partial charge in [-0.25, -0.2) is 4.68 Å². The molecule has 0 bridgehead atoms. The van der Waals surface area contributed by atoms with Gasteiger partial charge in [-0.3, -0.25) is 0 Å². The molecule has 72 valence electrons. The maximum absolute atomic E-state index is 9.66. The molecular formula is C11H12N2O. The van der Waals surface area contributed by atoms with Crippen molar-refractivity contribution in [1.82, 2.24) is 9.78 Å². The molecule has 0 spiro atoms. The molecule has 0 saturated heterocycles.